The molecule has 116 valence electrons. The molecule has 2 rings (SSSR count). The number of benzene rings is 1. The Balaban J connectivity index is 1.99. The summed E-state index contributed by atoms with van der Waals surface area (Å²) in [5.74, 6) is 0.326. The second kappa shape index (κ2) is 6.37. The lowest BCUT2D eigenvalue weighted by Gasteiger charge is -2.14. The van der Waals surface area contributed by atoms with Crippen LogP contribution in [-0.4, -0.2) is 19.5 Å². The van der Waals surface area contributed by atoms with E-state index in [0.29, 0.717) is 6.54 Å². The molecule has 1 aliphatic rings. The van der Waals surface area contributed by atoms with Crippen LogP contribution in [0.3, 0.4) is 0 Å². The third kappa shape index (κ3) is 4.37. The van der Waals surface area contributed by atoms with Crippen LogP contribution in [0.15, 0.2) is 18.2 Å². The maximum absolute atomic E-state index is 12.9. The third-order valence-electron chi connectivity index (χ3n) is 3.63. The van der Waals surface area contributed by atoms with Crippen molar-refractivity contribution >= 4 is 11.6 Å². The monoisotopic (exact) mass is 300 g/mol. The van der Waals surface area contributed by atoms with E-state index in [1.54, 1.807) is 0 Å². The number of hydrogen-bond acceptors (Lipinski definition) is 2. The van der Waals surface area contributed by atoms with Crippen molar-refractivity contribution in [3.8, 4) is 0 Å². The van der Waals surface area contributed by atoms with Crippen LogP contribution in [0.1, 0.15) is 41.6 Å². The predicted molar refractivity (Wildman–Crippen MR) is 75.3 cm³/mol. The number of anilines is 1. The van der Waals surface area contributed by atoms with E-state index in [4.69, 9.17) is 0 Å². The van der Waals surface area contributed by atoms with Gasteiger partial charge in [-0.2, -0.15) is 13.2 Å². The predicted octanol–water partition coefficient (Wildman–Crippen LogP) is 3.67. The Morgan fingerprint density at radius 3 is 2.62 bits per heavy atom. The average molecular weight is 300 g/mol. The number of nitrogens with one attached hydrogen (secondary N) is 2. The fraction of sp³-hybridized carbons (Fsp3) is 0.533. The molecule has 0 aromatic heterocycles. The molecule has 0 atom stereocenters. The summed E-state index contributed by atoms with van der Waals surface area (Å²) in [7, 11) is 1.42. The molecule has 0 bridgehead atoms. The molecule has 0 radical (unpaired) electrons. The van der Waals surface area contributed by atoms with Crippen molar-refractivity contribution in [3.63, 3.8) is 0 Å². The lowest BCUT2D eigenvalue weighted by molar-refractivity contribution is -0.136. The highest BCUT2D eigenvalue weighted by molar-refractivity contribution is 5.94. The van der Waals surface area contributed by atoms with E-state index in [0.717, 1.165) is 24.8 Å². The Labute approximate surface area is 121 Å². The van der Waals surface area contributed by atoms with Gasteiger partial charge in [-0.15, -0.1) is 0 Å². The van der Waals surface area contributed by atoms with Crippen LogP contribution >= 0.6 is 0 Å². The normalized spacial score (nSPS) is 14.9. The van der Waals surface area contributed by atoms with Gasteiger partial charge in [0.1, 0.15) is 0 Å². The quantitative estimate of drug-likeness (QED) is 0.787. The van der Waals surface area contributed by atoms with Crippen LogP contribution in [-0.2, 0) is 6.18 Å². The fourth-order valence-corrected chi connectivity index (χ4v) is 2.24. The van der Waals surface area contributed by atoms with Gasteiger partial charge >= 0.3 is 6.18 Å². The summed E-state index contributed by atoms with van der Waals surface area (Å²) < 4.78 is 38.7. The lowest BCUT2D eigenvalue weighted by atomic mass is 10.1. The molecule has 0 unspecified atom stereocenters. The van der Waals surface area contributed by atoms with Crippen LogP contribution in [0.5, 0.6) is 0 Å². The smallest absolute Gasteiger partial charge is 0.388 e. The fourth-order valence-electron chi connectivity index (χ4n) is 2.24. The zero-order valence-electron chi connectivity index (χ0n) is 11.9. The minimum absolute atomic E-state index is 0.0345. The van der Waals surface area contributed by atoms with Crippen molar-refractivity contribution in [1.82, 2.24) is 5.32 Å². The molecule has 2 N–H and O–H groups in total. The largest absolute Gasteiger partial charge is 0.418 e. The van der Waals surface area contributed by atoms with Crippen molar-refractivity contribution in [2.45, 2.75) is 31.9 Å². The zero-order valence-corrected chi connectivity index (χ0v) is 11.9. The second-order valence-electron chi connectivity index (χ2n) is 5.35. The van der Waals surface area contributed by atoms with E-state index in [1.165, 1.54) is 32.0 Å². The summed E-state index contributed by atoms with van der Waals surface area (Å²) in [5.41, 5.74) is -0.823. The Kier molecular flexibility index (Phi) is 4.75. The molecule has 1 amide bonds. The highest BCUT2D eigenvalue weighted by Crippen LogP contribution is 2.35. The maximum Gasteiger partial charge on any atom is 0.418 e. The Bertz CT molecular complexity index is 510. The first kappa shape index (κ1) is 15.7. The molecule has 21 heavy (non-hydrogen) atoms. The summed E-state index contributed by atoms with van der Waals surface area (Å²) in [6.45, 7) is 0.504. The van der Waals surface area contributed by atoms with Gasteiger partial charge in [-0.3, -0.25) is 4.79 Å². The van der Waals surface area contributed by atoms with E-state index < -0.39 is 17.6 Å². The van der Waals surface area contributed by atoms with Gasteiger partial charge < -0.3 is 10.6 Å². The number of rotatable bonds is 6. The standard InChI is InChI=1S/C15H19F3N2O/c1-19-13-7-6-11(9-12(13)15(16,17)18)14(21)20-8-2-3-10-4-5-10/h6-7,9-10,19H,2-5,8H2,1H3,(H,20,21). The number of alkyl halides is 3. The van der Waals surface area contributed by atoms with Gasteiger partial charge in [-0.05, 0) is 37.0 Å². The summed E-state index contributed by atoms with van der Waals surface area (Å²) in [6.07, 6.45) is -0.0206. The van der Waals surface area contributed by atoms with Gasteiger partial charge in [0, 0.05) is 24.8 Å². The Morgan fingerprint density at radius 2 is 2.05 bits per heavy atom. The van der Waals surface area contributed by atoms with Crippen LogP contribution in [0.25, 0.3) is 0 Å². The molecule has 1 saturated carbocycles. The van der Waals surface area contributed by atoms with Crippen molar-refractivity contribution in [2.75, 3.05) is 18.9 Å². The highest BCUT2D eigenvalue weighted by Gasteiger charge is 2.34. The summed E-state index contributed by atoms with van der Waals surface area (Å²) in [5, 5.41) is 5.16. The molecule has 1 aromatic rings. The van der Waals surface area contributed by atoms with Gasteiger partial charge in [0.15, 0.2) is 0 Å². The van der Waals surface area contributed by atoms with Crippen LogP contribution in [0.2, 0.25) is 0 Å². The number of hydrogen-bond donors (Lipinski definition) is 2. The average Bonchev–Trinajstić information content (AvgIpc) is 3.26. The Hall–Kier alpha value is -1.72. The van der Waals surface area contributed by atoms with E-state index in [9.17, 15) is 18.0 Å². The minimum atomic E-state index is -4.49. The number of carbonyl (C=O) groups excluding carboxylic acids is 1. The van der Waals surface area contributed by atoms with Gasteiger partial charge in [0.05, 0.1) is 5.56 Å². The molecule has 1 aliphatic carbocycles. The first-order valence-corrected chi connectivity index (χ1v) is 7.09. The van der Waals surface area contributed by atoms with Crippen LogP contribution in [0.4, 0.5) is 18.9 Å². The molecule has 0 aliphatic heterocycles. The zero-order chi connectivity index (χ0) is 15.5. The molecule has 1 fully saturated rings. The first-order chi connectivity index (χ1) is 9.91. The number of amides is 1. The summed E-state index contributed by atoms with van der Waals surface area (Å²) in [6, 6.07) is 3.57. The van der Waals surface area contributed by atoms with Gasteiger partial charge in [-0.1, -0.05) is 12.8 Å². The summed E-state index contributed by atoms with van der Waals surface area (Å²) >= 11 is 0. The first-order valence-electron chi connectivity index (χ1n) is 7.09. The van der Waals surface area contributed by atoms with Gasteiger partial charge in [-0.25, -0.2) is 0 Å². The van der Waals surface area contributed by atoms with E-state index in [1.807, 2.05) is 0 Å². The van der Waals surface area contributed by atoms with Crippen molar-refractivity contribution in [3.05, 3.63) is 29.3 Å². The van der Waals surface area contributed by atoms with E-state index in [2.05, 4.69) is 10.6 Å². The molecule has 0 spiro atoms. The second-order valence-corrected chi connectivity index (χ2v) is 5.35. The molecule has 0 saturated heterocycles. The lowest BCUT2D eigenvalue weighted by Crippen LogP contribution is -2.25. The van der Waals surface area contributed by atoms with E-state index >= 15 is 0 Å². The molecule has 0 heterocycles. The van der Waals surface area contributed by atoms with Crippen molar-refractivity contribution in [2.24, 2.45) is 5.92 Å². The van der Waals surface area contributed by atoms with E-state index in [-0.39, 0.29) is 11.3 Å². The highest BCUT2D eigenvalue weighted by atomic mass is 19.4. The van der Waals surface area contributed by atoms with Crippen LogP contribution in [0, 0.1) is 5.92 Å². The topological polar surface area (TPSA) is 41.1 Å². The van der Waals surface area contributed by atoms with Gasteiger partial charge in [0.2, 0.25) is 0 Å². The van der Waals surface area contributed by atoms with Gasteiger partial charge in [0.25, 0.3) is 5.91 Å². The molecule has 6 heteroatoms. The molecular formula is C15H19F3N2O. The minimum Gasteiger partial charge on any atom is -0.388 e. The number of halogens is 3. The Morgan fingerprint density at radius 1 is 1.33 bits per heavy atom. The number of carbonyl (C=O) groups is 1. The molecule has 1 aromatic carbocycles. The van der Waals surface area contributed by atoms with Crippen LogP contribution < -0.4 is 10.6 Å². The SMILES string of the molecule is CNc1ccc(C(=O)NCCCC2CC2)cc1C(F)(F)F. The van der Waals surface area contributed by atoms with Crippen molar-refractivity contribution < 1.29 is 18.0 Å². The summed E-state index contributed by atoms with van der Waals surface area (Å²) in [4.78, 5) is 11.9. The van der Waals surface area contributed by atoms with Crippen molar-refractivity contribution in [1.29, 1.82) is 0 Å². The molecular weight excluding hydrogens is 281 g/mol. The maximum atomic E-state index is 12.9. The third-order valence-corrected chi connectivity index (χ3v) is 3.63. The molecule has 3 nitrogen and oxygen atoms in total.